The number of aromatic nitrogens is 2. The zero-order valence-electron chi connectivity index (χ0n) is 15.3. The summed E-state index contributed by atoms with van der Waals surface area (Å²) in [5, 5.41) is 0.624. The Balaban J connectivity index is 1.97. The van der Waals surface area contributed by atoms with Crippen molar-refractivity contribution < 1.29 is 9.18 Å². The second-order valence-electron chi connectivity index (χ2n) is 5.91. The number of allylic oxidation sites excluding steroid dienone is 1. The number of ketones is 1. The van der Waals surface area contributed by atoms with Crippen LogP contribution in [0.5, 0.6) is 0 Å². The van der Waals surface area contributed by atoms with E-state index < -0.39 is 0 Å². The molecule has 3 aromatic rings. The van der Waals surface area contributed by atoms with Gasteiger partial charge in [-0.25, -0.2) is 9.37 Å². The summed E-state index contributed by atoms with van der Waals surface area (Å²) in [6.45, 7) is 1.42. The summed E-state index contributed by atoms with van der Waals surface area (Å²) in [5.41, 5.74) is 7.92. The van der Waals surface area contributed by atoms with Crippen molar-refractivity contribution in [2.75, 3.05) is 0 Å². The van der Waals surface area contributed by atoms with Crippen LogP contribution in [-0.2, 0) is 0 Å². The van der Waals surface area contributed by atoms with Gasteiger partial charge in [-0.1, -0.05) is 23.4 Å². The minimum absolute atomic E-state index is 0.180. The van der Waals surface area contributed by atoms with E-state index >= 15 is 0 Å². The second-order valence-corrected chi connectivity index (χ2v) is 7.46. The van der Waals surface area contributed by atoms with Crippen LogP contribution >= 0.6 is 23.4 Å². The SMILES string of the molecule is CC(=O)c1cnc(C(N)=C(C=Nc2ccc(F)cc2)Sc2ccc(Cl)cc2)cn1. The second kappa shape index (κ2) is 9.45. The van der Waals surface area contributed by atoms with Crippen LogP contribution in [0.1, 0.15) is 23.1 Å². The number of carbonyl (C=O) groups is 1. The molecule has 3 rings (SSSR count). The average molecular weight is 427 g/mol. The Hall–Kier alpha value is -3.03. The fourth-order valence-corrected chi connectivity index (χ4v) is 3.19. The molecule has 0 aliphatic carbocycles. The van der Waals surface area contributed by atoms with Crippen molar-refractivity contribution in [2.45, 2.75) is 11.8 Å². The number of halogens is 2. The van der Waals surface area contributed by atoms with Crippen LogP contribution in [0.15, 0.2) is 75.7 Å². The Morgan fingerprint density at radius 3 is 2.28 bits per heavy atom. The normalized spacial score (nSPS) is 12.1. The molecule has 29 heavy (non-hydrogen) atoms. The maximum Gasteiger partial charge on any atom is 0.179 e. The van der Waals surface area contributed by atoms with Gasteiger partial charge in [0.25, 0.3) is 0 Å². The first-order chi connectivity index (χ1) is 13.9. The maximum atomic E-state index is 13.1. The number of benzene rings is 2. The fraction of sp³-hybridized carbons (Fsp3) is 0.0476. The van der Waals surface area contributed by atoms with Gasteiger partial charge in [0, 0.05) is 23.1 Å². The third-order valence-corrected chi connectivity index (χ3v) is 5.06. The number of nitrogens with zero attached hydrogens (tertiary/aromatic N) is 3. The number of carbonyl (C=O) groups excluding carboxylic acids is 1. The predicted octanol–water partition coefficient (Wildman–Crippen LogP) is 5.29. The largest absolute Gasteiger partial charge is 0.396 e. The van der Waals surface area contributed by atoms with E-state index in [9.17, 15) is 9.18 Å². The van der Waals surface area contributed by atoms with E-state index in [-0.39, 0.29) is 17.3 Å². The molecule has 0 unspecified atom stereocenters. The van der Waals surface area contributed by atoms with Gasteiger partial charge >= 0.3 is 0 Å². The molecule has 5 nitrogen and oxygen atoms in total. The lowest BCUT2D eigenvalue weighted by Gasteiger charge is -2.08. The number of hydrogen-bond donors (Lipinski definition) is 1. The summed E-state index contributed by atoms with van der Waals surface area (Å²) in [5.74, 6) is -0.518. The van der Waals surface area contributed by atoms with Crippen molar-refractivity contribution in [3.8, 4) is 0 Å². The monoisotopic (exact) mass is 426 g/mol. The number of hydrogen-bond acceptors (Lipinski definition) is 6. The van der Waals surface area contributed by atoms with Crippen LogP contribution in [-0.4, -0.2) is 22.0 Å². The van der Waals surface area contributed by atoms with Crippen molar-refractivity contribution in [1.82, 2.24) is 9.97 Å². The highest BCUT2D eigenvalue weighted by Crippen LogP contribution is 2.30. The number of thioether (sulfide) groups is 1. The smallest absolute Gasteiger partial charge is 0.179 e. The number of aliphatic imine (C=N–C) groups is 1. The third-order valence-electron chi connectivity index (χ3n) is 3.75. The minimum Gasteiger partial charge on any atom is -0.396 e. The Labute approximate surface area is 176 Å². The van der Waals surface area contributed by atoms with Gasteiger partial charge in [-0.3, -0.25) is 14.8 Å². The van der Waals surface area contributed by atoms with Gasteiger partial charge in [0.15, 0.2) is 5.78 Å². The summed E-state index contributed by atoms with van der Waals surface area (Å²) >= 11 is 7.32. The van der Waals surface area contributed by atoms with Gasteiger partial charge in [-0.05, 0) is 48.5 Å². The van der Waals surface area contributed by atoms with Gasteiger partial charge in [0.1, 0.15) is 17.2 Å². The quantitative estimate of drug-likeness (QED) is 0.329. The van der Waals surface area contributed by atoms with E-state index in [1.165, 1.54) is 43.2 Å². The van der Waals surface area contributed by atoms with Crippen molar-refractivity contribution in [1.29, 1.82) is 0 Å². The van der Waals surface area contributed by atoms with Gasteiger partial charge in [0.2, 0.25) is 0 Å². The summed E-state index contributed by atoms with van der Waals surface area (Å²) < 4.78 is 13.1. The van der Waals surface area contributed by atoms with E-state index in [4.69, 9.17) is 17.3 Å². The molecule has 0 amide bonds. The number of Topliss-reactive ketones (excluding diaryl/α,β-unsaturated/α-hetero) is 1. The maximum absolute atomic E-state index is 13.1. The van der Waals surface area contributed by atoms with Crippen molar-refractivity contribution >= 4 is 46.7 Å². The van der Waals surface area contributed by atoms with Crippen LogP contribution in [0.2, 0.25) is 5.02 Å². The van der Waals surface area contributed by atoms with E-state index in [1.54, 1.807) is 30.5 Å². The van der Waals surface area contributed by atoms with Crippen LogP contribution in [0.25, 0.3) is 5.70 Å². The van der Waals surface area contributed by atoms with E-state index in [0.717, 1.165) is 4.90 Å². The zero-order chi connectivity index (χ0) is 20.8. The Bertz CT molecular complexity index is 1070. The highest BCUT2D eigenvalue weighted by molar-refractivity contribution is 8.04. The molecule has 0 fully saturated rings. The van der Waals surface area contributed by atoms with E-state index in [0.29, 0.717) is 27.0 Å². The minimum atomic E-state index is -0.337. The molecule has 1 aromatic heterocycles. The average Bonchev–Trinajstić information content (AvgIpc) is 2.73. The first-order valence-corrected chi connectivity index (χ1v) is 9.68. The van der Waals surface area contributed by atoms with Gasteiger partial charge in [0.05, 0.1) is 28.7 Å². The molecule has 0 radical (unpaired) electrons. The standard InChI is InChI=1S/C21H16ClFN4OS/c1-13(28)18-10-27-19(11-26-18)21(24)20(29-17-8-2-14(22)3-9-17)12-25-16-6-4-15(23)5-7-16/h2-12H,24H2,1H3. The molecule has 0 aliphatic rings. The lowest BCUT2D eigenvalue weighted by Crippen LogP contribution is -2.06. The fourth-order valence-electron chi connectivity index (χ4n) is 2.22. The molecule has 0 spiro atoms. The van der Waals surface area contributed by atoms with Crippen LogP contribution in [0, 0.1) is 5.82 Å². The molecule has 0 atom stereocenters. The molecule has 2 aromatic carbocycles. The molecular formula is C21H16ClFN4OS. The van der Waals surface area contributed by atoms with Gasteiger partial charge in [-0.15, -0.1) is 0 Å². The van der Waals surface area contributed by atoms with Gasteiger partial charge < -0.3 is 5.73 Å². The van der Waals surface area contributed by atoms with Crippen LogP contribution < -0.4 is 5.73 Å². The topological polar surface area (TPSA) is 81.2 Å². The van der Waals surface area contributed by atoms with Crippen LogP contribution in [0.4, 0.5) is 10.1 Å². The zero-order valence-corrected chi connectivity index (χ0v) is 16.9. The summed E-state index contributed by atoms with van der Waals surface area (Å²) in [7, 11) is 0. The van der Waals surface area contributed by atoms with Crippen molar-refractivity contribution in [3.05, 3.63) is 88.1 Å². The lowest BCUT2D eigenvalue weighted by molar-refractivity contribution is 0.101. The summed E-state index contributed by atoms with van der Waals surface area (Å²) in [4.78, 5) is 25.6. The van der Waals surface area contributed by atoms with Gasteiger partial charge in [-0.2, -0.15) is 0 Å². The highest BCUT2D eigenvalue weighted by Gasteiger charge is 2.10. The molecule has 146 valence electrons. The van der Waals surface area contributed by atoms with E-state index in [2.05, 4.69) is 15.0 Å². The first kappa shape index (κ1) is 20.7. The summed E-state index contributed by atoms with van der Waals surface area (Å²) in [6, 6.07) is 13.1. The lowest BCUT2D eigenvalue weighted by atomic mass is 10.3. The van der Waals surface area contributed by atoms with Crippen molar-refractivity contribution in [3.63, 3.8) is 0 Å². The van der Waals surface area contributed by atoms with E-state index in [1.807, 2.05) is 12.1 Å². The molecule has 2 N–H and O–H groups in total. The molecule has 0 aliphatic heterocycles. The molecule has 0 saturated heterocycles. The number of rotatable bonds is 6. The summed E-state index contributed by atoms with van der Waals surface area (Å²) in [6.07, 6.45) is 4.41. The Kier molecular flexibility index (Phi) is 6.74. The third kappa shape index (κ3) is 5.73. The first-order valence-electron chi connectivity index (χ1n) is 8.48. The Morgan fingerprint density at radius 2 is 1.69 bits per heavy atom. The Morgan fingerprint density at radius 1 is 1.07 bits per heavy atom. The predicted molar refractivity (Wildman–Crippen MR) is 115 cm³/mol. The van der Waals surface area contributed by atoms with Crippen LogP contribution in [0.3, 0.4) is 0 Å². The van der Waals surface area contributed by atoms with Crippen molar-refractivity contribution in [2.24, 2.45) is 10.7 Å². The molecule has 0 bridgehead atoms. The highest BCUT2D eigenvalue weighted by atomic mass is 35.5. The molecule has 0 saturated carbocycles. The molecule has 8 heteroatoms. The molecular weight excluding hydrogens is 411 g/mol. The number of nitrogens with two attached hydrogens (primary N) is 1. The molecule has 1 heterocycles.